The molecule has 0 amide bonds. The van der Waals surface area contributed by atoms with Gasteiger partial charge in [-0.1, -0.05) is 0 Å². The predicted octanol–water partition coefficient (Wildman–Crippen LogP) is -5.55. The molecule has 0 radical (unpaired) electrons. The van der Waals surface area contributed by atoms with Gasteiger partial charge in [0.15, 0.2) is 12.1 Å². The van der Waals surface area contributed by atoms with E-state index in [1.165, 1.54) is 0 Å². The van der Waals surface area contributed by atoms with Crippen molar-refractivity contribution < 1.29 is 55.1 Å². The van der Waals surface area contributed by atoms with Crippen LogP contribution >= 0.6 is 0 Å². The fourth-order valence-corrected chi connectivity index (χ4v) is 1.96. The summed E-state index contributed by atoms with van der Waals surface area (Å²) in [6.45, 7) is -2.42. The van der Waals surface area contributed by atoms with E-state index in [4.69, 9.17) is 24.8 Å². The Morgan fingerprint density at radius 1 is 1.04 bits per heavy atom. The molecule has 8 N–H and O–H groups in total. The lowest BCUT2D eigenvalue weighted by molar-refractivity contribution is -0.299. The number of hydrogen-bond donors (Lipinski definition) is 8. The summed E-state index contributed by atoms with van der Waals surface area (Å²) in [4.78, 5) is 11.6. The Morgan fingerprint density at radius 2 is 1.65 bits per heavy atom. The molecular formula is C12H22O11. The minimum atomic E-state index is -2.05. The lowest BCUT2D eigenvalue weighted by Crippen LogP contribution is -2.59. The van der Waals surface area contributed by atoms with E-state index in [9.17, 15) is 30.3 Å². The summed E-state index contributed by atoms with van der Waals surface area (Å²) in [5.74, 6) is -1.08. The molecule has 23 heavy (non-hydrogen) atoms. The second kappa shape index (κ2) is 8.94. The van der Waals surface area contributed by atoms with Crippen molar-refractivity contribution in [3.05, 3.63) is 0 Å². The Kier molecular flexibility index (Phi) is 7.89. The molecule has 8 atom stereocenters. The second-order valence-corrected chi connectivity index (χ2v) is 5.16. The Morgan fingerprint density at radius 3 is 2.17 bits per heavy atom. The largest absolute Gasteiger partial charge is 0.394 e. The highest BCUT2D eigenvalue weighted by Crippen LogP contribution is 2.22. The summed E-state index contributed by atoms with van der Waals surface area (Å²) in [6.07, 6.45) is -13.5. The zero-order valence-electron chi connectivity index (χ0n) is 12.0. The Balaban J connectivity index is 2.57. The Bertz CT molecular complexity index is 376. The highest BCUT2D eigenvalue weighted by molar-refractivity contribution is 5.84. The van der Waals surface area contributed by atoms with Crippen LogP contribution in [0.2, 0.25) is 0 Å². The zero-order chi connectivity index (χ0) is 17.7. The smallest absolute Gasteiger partial charge is 0.189 e. The van der Waals surface area contributed by atoms with Crippen molar-refractivity contribution in [2.24, 2.45) is 0 Å². The van der Waals surface area contributed by atoms with Crippen LogP contribution in [0.5, 0.6) is 0 Å². The average Bonchev–Trinajstić information content (AvgIpc) is 2.56. The monoisotopic (exact) mass is 342 g/mol. The summed E-state index contributed by atoms with van der Waals surface area (Å²) in [5, 5.41) is 74.4. The molecule has 0 spiro atoms. The number of aliphatic hydroxyl groups is 8. The van der Waals surface area contributed by atoms with E-state index < -0.39 is 74.6 Å². The lowest BCUT2D eigenvalue weighted by atomic mass is 9.99. The number of Topliss-reactive ketones (excluding diaryl/α,β-unsaturated/α-hetero) is 1. The molecule has 0 aromatic heterocycles. The molecule has 0 aliphatic carbocycles. The minimum Gasteiger partial charge on any atom is -0.394 e. The molecule has 1 unspecified atom stereocenters. The number of rotatable bonds is 8. The van der Waals surface area contributed by atoms with Gasteiger partial charge in [-0.3, -0.25) is 4.79 Å². The number of ether oxygens (including phenoxy) is 2. The van der Waals surface area contributed by atoms with Gasteiger partial charge < -0.3 is 50.3 Å². The van der Waals surface area contributed by atoms with Crippen molar-refractivity contribution in [3.8, 4) is 0 Å². The molecule has 136 valence electrons. The molecule has 1 fully saturated rings. The van der Waals surface area contributed by atoms with Crippen LogP contribution in [0.15, 0.2) is 0 Å². The van der Waals surface area contributed by atoms with Crippen molar-refractivity contribution in [2.75, 3.05) is 19.8 Å². The van der Waals surface area contributed by atoms with Crippen molar-refractivity contribution in [1.82, 2.24) is 0 Å². The van der Waals surface area contributed by atoms with Crippen LogP contribution in [-0.2, 0) is 14.3 Å². The van der Waals surface area contributed by atoms with Crippen LogP contribution in [0, 0.1) is 0 Å². The summed E-state index contributed by atoms with van der Waals surface area (Å²) in [7, 11) is 0. The number of carbonyl (C=O) groups excluding carboxylic acids is 1. The van der Waals surface area contributed by atoms with E-state index in [0.29, 0.717) is 0 Å². The number of hydrogen-bond acceptors (Lipinski definition) is 11. The van der Waals surface area contributed by atoms with Gasteiger partial charge in [0.2, 0.25) is 0 Å². The normalized spacial score (nSPS) is 35.6. The maximum Gasteiger partial charge on any atom is 0.189 e. The molecule has 0 aromatic rings. The van der Waals surface area contributed by atoms with Gasteiger partial charge in [-0.25, -0.2) is 0 Å². The third-order valence-electron chi connectivity index (χ3n) is 3.47. The van der Waals surface area contributed by atoms with Crippen LogP contribution in [0.25, 0.3) is 0 Å². The fourth-order valence-electron chi connectivity index (χ4n) is 1.96. The summed E-state index contributed by atoms with van der Waals surface area (Å²) >= 11 is 0. The van der Waals surface area contributed by atoms with E-state index in [-0.39, 0.29) is 0 Å². The summed E-state index contributed by atoms with van der Waals surface area (Å²) in [5.41, 5.74) is 0. The Labute approximate surface area is 130 Å². The van der Waals surface area contributed by atoms with Crippen molar-refractivity contribution in [3.63, 3.8) is 0 Å². The third-order valence-corrected chi connectivity index (χ3v) is 3.47. The van der Waals surface area contributed by atoms with Crippen LogP contribution in [0.3, 0.4) is 0 Å². The first-order valence-corrected chi connectivity index (χ1v) is 6.84. The molecule has 1 rings (SSSR count). The lowest BCUT2D eigenvalue weighted by Gasteiger charge is -2.39. The van der Waals surface area contributed by atoms with Crippen LogP contribution in [-0.4, -0.2) is 115 Å². The molecule has 1 heterocycles. The third kappa shape index (κ3) is 4.87. The highest BCUT2D eigenvalue weighted by Gasteiger charge is 2.44. The van der Waals surface area contributed by atoms with Gasteiger partial charge >= 0.3 is 0 Å². The van der Waals surface area contributed by atoms with Crippen LogP contribution in [0.1, 0.15) is 0 Å². The van der Waals surface area contributed by atoms with Crippen molar-refractivity contribution >= 4 is 5.78 Å². The standard InChI is InChI=1S/C12H22O11/c13-1-4(15)7(17)8(18)5(16)3-22-12-11(21)10(20)9(19)6(2-14)23-12/h4,6-15,17-21H,1-3H2/t4-,6-,7+,8-,9+,10+,11-,12?/m1/s1. The highest BCUT2D eigenvalue weighted by atomic mass is 16.7. The van der Waals surface area contributed by atoms with Gasteiger partial charge in [-0.2, -0.15) is 0 Å². The maximum atomic E-state index is 11.6. The van der Waals surface area contributed by atoms with E-state index in [2.05, 4.69) is 0 Å². The molecule has 11 nitrogen and oxygen atoms in total. The summed E-state index contributed by atoms with van der Waals surface area (Å²) < 4.78 is 9.85. The van der Waals surface area contributed by atoms with E-state index >= 15 is 0 Å². The van der Waals surface area contributed by atoms with E-state index in [1.807, 2.05) is 0 Å². The van der Waals surface area contributed by atoms with Gasteiger partial charge in [-0.15, -0.1) is 0 Å². The maximum absolute atomic E-state index is 11.6. The first-order valence-electron chi connectivity index (χ1n) is 6.84. The topological polar surface area (TPSA) is 197 Å². The molecular weight excluding hydrogens is 320 g/mol. The minimum absolute atomic E-state index is 0.678. The zero-order valence-corrected chi connectivity index (χ0v) is 12.0. The van der Waals surface area contributed by atoms with Gasteiger partial charge in [0.05, 0.1) is 13.2 Å². The predicted molar refractivity (Wildman–Crippen MR) is 69.8 cm³/mol. The quantitative estimate of drug-likeness (QED) is 0.209. The van der Waals surface area contributed by atoms with Crippen molar-refractivity contribution in [1.29, 1.82) is 0 Å². The summed E-state index contributed by atoms with van der Waals surface area (Å²) in [6, 6.07) is 0. The van der Waals surface area contributed by atoms with Gasteiger partial charge in [0.1, 0.15) is 49.3 Å². The van der Waals surface area contributed by atoms with Crippen molar-refractivity contribution in [2.45, 2.75) is 49.0 Å². The molecule has 1 aliphatic rings. The number of aliphatic hydroxyl groups excluding tert-OH is 8. The second-order valence-electron chi connectivity index (χ2n) is 5.16. The van der Waals surface area contributed by atoms with Gasteiger partial charge in [0.25, 0.3) is 0 Å². The number of ketones is 1. The molecule has 1 saturated heterocycles. The number of carbonyl (C=O) groups is 1. The van der Waals surface area contributed by atoms with Crippen LogP contribution in [0.4, 0.5) is 0 Å². The SMILES string of the molecule is O=C(COC1O[C@H](CO)[C@H](O)[C@H](O)[C@H]1O)[C@@H](O)[C@@H](O)[C@H](O)CO. The molecule has 1 aliphatic heterocycles. The van der Waals surface area contributed by atoms with E-state index in [0.717, 1.165) is 0 Å². The first kappa shape index (κ1) is 20.3. The first-order chi connectivity index (χ1) is 10.7. The Hall–Kier alpha value is -0.730. The van der Waals surface area contributed by atoms with Gasteiger partial charge in [0, 0.05) is 0 Å². The molecule has 0 bridgehead atoms. The van der Waals surface area contributed by atoms with E-state index in [1.54, 1.807) is 0 Å². The average molecular weight is 342 g/mol. The molecule has 0 saturated carbocycles. The van der Waals surface area contributed by atoms with Crippen LogP contribution < -0.4 is 0 Å². The molecule has 0 aromatic carbocycles. The fraction of sp³-hybridized carbons (Fsp3) is 0.917. The molecule has 11 heteroatoms. The van der Waals surface area contributed by atoms with Gasteiger partial charge in [-0.05, 0) is 0 Å².